The van der Waals surface area contributed by atoms with Crippen molar-refractivity contribution >= 4 is 29.2 Å². The second-order valence-electron chi connectivity index (χ2n) is 4.82. The number of halogens is 2. The summed E-state index contributed by atoms with van der Waals surface area (Å²) in [5, 5.41) is 2.44. The van der Waals surface area contributed by atoms with E-state index in [-0.39, 0.29) is 28.6 Å². The number of nitrogens with one attached hydrogen (secondary N) is 1. The minimum absolute atomic E-state index is 0.110. The number of rotatable bonds is 6. The first kappa shape index (κ1) is 18.5. The average Bonchev–Trinajstić information content (AvgIpc) is 2.62. The molecule has 6 nitrogen and oxygen atoms in total. The van der Waals surface area contributed by atoms with E-state index in [4.69, 9.17) is 21.1 Å². The zero-order chi connectivity index (χ0) is 18.4. The van der Waals surface area contributed by atoms with Crippen molar-refractivity contribution in [2.75, 3.05) is 26.1 Å². The molecule has 1 N–H and O–H groups in total. The van der Waals surface area contributed by atoms with Crippen molar-refractivity contribution in [2.45, 2.75) is 0 Å². The van der Waals surface area contributed by atoms with Gasteiger partial charge < -0.3 is 19.5 Å². The van der Waals surface area contributed by atoms with E-state index in [9.17, 15) is 14.0 Å². The summed E-state index contributed by atoms with van der Waals surface area (Å²) in [5.41, 5.74) is 0.387. The van der Waals surface area contributed by atoms with Crippen LogP contribution in [-0.4, -0.2) is 32.7 Å². The lowest BCUT2D eigenvalue weighted by Gasteiger charge is -2.12. The molecule has 0 spiro atoms. The molecule has 2 aromatic rings. The minimum Gasteiger partial charge on any atom is -0.497 e. The zero-order valence-corrected chi connectivity index (χ0v) is 14.2. The van der Waals surface area contributed by atoms with Crippen LogP contribution in [-0.2, 0) is 9.53 Å². The van der Waals surface area contributed by atoms with Gasteiger partial charge in [-0.2, -0.15) is 0 Å². The molecule has 0 unspecified atom stereocenters. The molecule has 0 aliphatic carbocycles. The van der Waals surface area contributed by atoms with Crippen molar-refractivity contribution in [2.24, 2.45) is 0 Å². The molecule has 0 aliphatic heterocycles. The van der Waals surface area contributed by atoms with Crippen LogP contribution in [0.4, 0.5) is 10.1 Å². The fraction of sp³-hybridized carbons (Fsp3) is 0.176. The lowest BCUT2D eigenvalue weighted by Crippen LogP contribution is -2.21. The Labute approximate surface area is 148 Å². The summed E-state index contributed by atoms with van der Waals surface area (Å²) < 4.78 is 28.1. The van der Waals surface area contributed by atoms with Gasteiger partial charge in [0, 0.05) is 6.07 Å². The van der Waals surface area contributed by atoms with E-state index in [0.717, 1.165) is 6.07 Å². The Kier molecular flexibility index (Phi) is 6.19. The Hall–Kier alpha value is -2.80. The van der Waals surface area contributed by atoms with Crippen LogP contribution in [0.25, 0.3) is 0 Å². The molecule has 2 rings (SSSR count). The largest absolute Gasteiger partial charge is 0.497 e. The molecular weight excluding hydrogens is 353 g/mol. The quantitative estimate of drug-likeness (QED) is 0.793. The third-order valence-electron chi connectivity index (χ3n) is 3.17. The van der Waals surface area contributed by atoms with E-state index in [0.29, 0.717) is 5.75 Å². The van der Waals surface area contributed by atoms with Gasteiger partial charge in [-0.25, -0.2) is 9.18 Å². The summed E-state index contributed by atoms with van der Waals surface area (Å²) >= 11 is 5.64. The molecule has 0 heterocycles. The van der Waals surface area contributed by atoms with E-state index in [2.05, 4.69) is 10.1 Å². The van der Waals surface area contributed by atoms with E-state index in [1.54, 1.807) is 6.07 Å². The molecule has 8 heteroatoms. The first-order chi connectivity index (χ1) is 11.9. The van der Waals surface area contributed by atoms with E-state index in [1.165, 1.54) is 38.5 Å². The zero-order valence-electron chi connectivity index (χ0n) is 13.5. The minimum atomic E-state index is -0.625. The normalized spacial score (nSPS) is 10.1. The molecule has 0 saturated heterocycles. The maximum atomic E-state index is 13.1. The Balaban J connectivity index is 2.06. The lowest BCUT2D eigenvalue weighted by atomic mass is 10.1. The summed E-state index contributed by atoms with van der Waals surface area (Å²) in [5.74, 6) is -1.05. The number of hydrogen-bond acceptors (Lipinski definition) is 5. The summed E-state index contributed by atoms with van der Waals surface area (Å²) in [7, 11) is 2.69. The topological polar surface area (TPSA) is 73.9 Å². The number of esters is 1. The highest BCUT2D eigenvalue weighted by Gasteiger charge is 2.15. The van der Waals surface area contributed by atoms with Crippen molar-refractivity contribution in [1.82, 2.24) is 0 Å². The monoisotopic (exact) mass is 367 g/mol. The van der Waals surface area contributed by atoms with Gasteiger partial charge in [0.1, 0.15) is 17.3 Å². The highest BCUT2D eigenvalue weighted by molar-refractivity contribution is 6.30. The maximum Gasteiger partial charge on any atom is 0.340 e. The predicted molar refractivity (Wildman–Crippen MR) is 89.9 cm³/mol. The molecular formula is C17H15ClFNO5. The number of amides is 1. The Morgan fingerprint density at radius 2 is 1.84 bits per heavy atom. The van der Waals surface area contributed by atoms with Crippen LogP contribution >= 0.6 is 11.6 Å². The van der Waals surface area contributed by atoms with Crippen LogP contribution in [0.1, 0.15) is 10.4 Å². The second-order valence-corrected chi connectivity index (χ2v) is 5.22. The average molecular weight is 368 g/mol. The van der Waals surface area contributed by atoms with Gasteiger partial charge in [-0.15, -0.1) is 0 Å². The molecule has 0 bridgehead atoms. The van der Waals surface area contributed by atoms with Crippen LogP contribution in [0.3, 0.4) is 0 Å². The van der Waals surface area contributed by atoms with Crippen molar-refractivity contribution < 1.29 is 28.2 Å². The number of benzene rings is 2. The van der Waals surface area contributed by atoms with Gasteiger partial charge in [-0.3, -0.25) is 4.79 Å². The van der Waals surface area contributed by atoms with Crippen LogP contribution < -0.4 is 14.8 Å². The molecule has 1 amide bonds. The Morgan fingerprint density at radius 3 is 2.48 bits per heavy atom. The molecule has 0 atom stereocenters. The number of carbonyl (C=O) groups is 2. The summed E-state index contributed by atoms with van der Waals surface area (Å²) in [6.45, 7) is -0.353. The highest BCUT2D eigenvalue weighted by Crippen LogP contribution is 2.23. The predicted octanol–water partition coefficient (Wildman–Crippen LogP) is 3.29. The third kappa shape index (κ3) is 4.84. The van der Waals surface area contributed by atoms with Crippen LogP contribution in [0, 0.1) is 5.82 Å². The number of anilines is 1. The summed E-state index contributed by atoms with van der Waals surface area (Å²) in [6, 6.07) is 8.29. The standard InChI is InChI=1S/C17H15ClFNO5/c1-23-10-4-6-15(12(7-10)17(22)24-2)20-16(21)9-25-11-3-5-14(19)13(18)8-11/h3-8H,9H2,1-2H3,(H,20,21). The molecule has 0 fully saturated rings. The highest BCUT2D eigenvalue weighted by atomic mass is 35.5. The van der Waals surface area contributed by atoms with Crippen molar-refractivity contribution in [3.05, 3.63) is 52.8 Å². The van der Waals surface area contributed by atoms with Gasteiger partial charge in [-0.1, -0.05) is 11.6 Å². The molecule has 0 aromatic heterocycles. The molecule has 0 aliphatic rings. The van der Waals surface area contributed by atoms with Gasteiger partial charge in [-0.05, 0) is 30.3 Å². The van der Waals surface area contributed by atoms with Gasteiger partial charge in [0.15, 0.2) is 6.61 Å². The Bertz CT molecular complexity index is 797. The first-order valence-electron chi connectivity index (χ1n) is 7.08. The Morgan fingerprint density at radius 1 is 1.12 bits per heavy atom. The van der Waals surface area contributed by atoms with Crippen molar-refractivity contribution in [1.29, 1.82) is 0 Å². The summed E-state index contributed by atoms with van der Waals surface area (Å²) in [4.78, 5) is 23.9. The molecule has 25 heavy (non-hydrogen) atoms. The van der Waals surface area contributed by atoms with Crippen molar-refractivity contribution in [3.8, 4) is 11.5 Å². The number of hydrogen-bond donors (Lipinski definition) is 1. The smallest absolute Gasteiger partial charge is 0.340 e. The molecule has 0 saturated carbocycles. The SMILES string of the molecule is COC(=O)c1cc(OC)ccc1NC(=O)COc1ccc(F)c(Cl)c1. The number of ether oxygens (including phenoxy) is 3. The first-order valence-corrected chi connectivity index (χ1v) is 7.46. The van der Waals surface area contributed by atoms with Crippen LogP contribution in [0.15, 0.2) is 36.4 Å². The lowest BCUT2D eigenvalue weighted by molar-refractivity contribution is -0.118. The van der Waals surface area contributed by atoms with Gasteiger partial charge in [0.05, 0.1) is 30.5 Å². The van der Waals surface area contributed by atoms with Gasteiger partial charge in [0.25, 0.3) is 5.91 Å². The number of methoxy groups -OCH3 is 2. The fourth-order valence-electron chi connectivity index (χ4n) is 1.94. The van der Waals surface area contributed by atoms with Crippen LogP contribution in [0.5, 0.6) is 11.5 Å². The fourth-order valence-corrected chi connectivity index (χ4v) is 2.11. The van der Waals surface area contributed by atoms with E-state index >= 15 is 0 Å². The van der Waals surface area contributed by atoms with Gasteiger partial charge in [0.2, 0.25) is 0 Å². The maximum absolute atomic E-state index is 13.1. The third-order valence-corrected chi connectivity index (χ3v) is 3.46. The second kappa shape index (κ2) is 8.34. The molecule has 2 aromatic carbocycles. The van der Waals surface area contributed by atoms with E-state index in [1.807, 2.05) is 0 Å². The summed E-state index contributed by atoms with van der Waals surface area (Å²) in [6.07, 6.45) is 0. The molecule has 0 radical (unpaired) electrons. The number of carbonyl (C=O) groups excluding carboxylic acids is 2. The van der Waals surface area contributed by atoms with Crippen molar-refractivity contribution in [3.63, 3.8) is 0 Å². The van der Waals surface area contributed by atoms with Gasteiger partial charge >= 0.3 is 5.97 Å². The molecule has 132 valence electrons. The van der Waals surface area contributed by atoms with E-state index < -0.39 is 17.7 Å². The van der Waals surface area contributed by atoms with Crippen LogP contribution in [0.2, 0.25) is 5.02 Å².